The molecular weight excluding hydrogens is 242 g/mol. The first-order valence-corrected chi connectivity index (χ1v) is 5.47. The van der Waals surface area contributed by atoms with Crippen LogP contribution in [0.3, 0.4) is 0 Å². The zero-order chi connectivity index (χ0) is 11.1. The van der Waals surface area contributed by atoms with Gasteiger partial charge in [0.2, 0.25) is 0 Å². The van der Waals surface area contributed by atoms with E-state index in [4.69, 9.17) is 1.37 Å². The Hall–Kier alpha value is -0.380. The van der Waals surface area contributed by atoms with Crippen molar-refractivity contribution in [2.75, 3.05) is 0 Å². The Kier molecular flexibility index (Phi) is 4.47. The largest absolute Gasteiger partial charge is 0.379 e. The second-order valence-corrected chi connectivity index (χ2v) is 4.08. The summed E-state index contributed by atoms with van der Waals surface area (Å²) in [5.41, 5.74) is 1.14. The molecule has 1 aromatic carbocycles. The molecule has 1 rings (SSSR count). The number of rotatable bonds is 5. The highest BCUT2D eigenvalue weighted by Crippen LogP contribution is 2.10. The molecule has 2 nitrogen and oxygen atoms in total. The Bertz CT molecular complexity index is 278. The van der Waals surface area contributed by atoms with Crippen LogP contribution in [0, 0.1) is 0 Å². The monoisotopic (exact) mass is 258 g/mol. The molecule has 3 heteroatoms. The van der Waals surface area contributed by atoms with Crippen molar-refractivity contribution in [3.8, 4) is 0 Å². The molecule has 1 unspecified atom stereocenters. The number of hydrogen-bond acceptors (Lipinski definition) is 2. The normalized spacial score (nSPS) is 13.7. The fourth-order valence-corrected chi connectivity index (χ4v) is 1.40. The van der Waals surface area contributed by atoms with E-state index < -0.39 is 6.23 Å². The Balaban J connectivity index is 2.27. The number of benzene rings is 1. The molecule has 0 fully saturated rings. The molecule has 0 aliphatic rings. The molecule has 0 aromatic heterocycles. The van der Waals surface area contributed by atoms with Crippen LogP contribution < -0.4 is 5.32 Å². The van der Waals surface area contributed by atoms with Crippen LogP contribution in [-0.2, 0) is 6.54 Å². The minimum atomic E-state index is -0.501. The Morgan fingerprint density at radius 2 is 2.21 bits per heavy atom. The summed E-state index contributed by atoms with van der Waals surface area (Å²) >= 11 is 3.37. The SMILES string of the molecule is [2H]CCCC(O)NCc1ccc(Br)cc1. The quantitative estimate of drug-likeness (QED) is 0.797. The van der Waals surface area contributed by atoms with Gasteiger partial charge in [-0.05, 0) is 24.1 Å². The van der Waals surface area contributed by atoms with E-state index in [1.807, 2.05) is 24.3 Å². The first-order valence-electron chi connectivity index (χ1n) is 5.38. The van der Waals surface area contributed by atoms with Gasteiger partial charge >= 0.3 is 0 Å². The lowest BCUT2D eigenvalue weighted by atomic mass is 10.2. The predicted octanol–water partition coefficient (Wildman–Crippen LogP) is 2.66. The minimum absolute atomic E-state index is 0.372. The molecule has 0 bridgehead atoms. The number of halogens is 1. The summed E-state index contributed by atoms with van der Waals surface area (Å²) in [6.07, 6.45) is 0.869. The lowest BCUT2D eigenvalue weighted by Crippen LogP contribution is -2.27. The predicted molar refractivity (Wildman–Crippen MR) is 61.9 cm³/mol. The van der Waals surface area contributed by atoms with Gasteiger partial charge in [-0.2, -0.15) is 0 Å². The van der Waals surface area contributed by atoms with Gasteiger partial charge in [0.1, 0.15) is 6.23 Å². The van der Waals surface area contributed by atoms with E-state index in [1.54, 1.807) is 0 Å². The van der Waals surface area contributed by atoms with Gasteiger partial charge in [0.25, 0.3) is 0 Å². The van der Waals surface area contributed by atoms with Crippen LogP contribution in [0.4, 0.5) is 0 Å². The van der Waals surface area contributed by atoms with E-state index in [-0.39, 0.29) is 0 Å². The third kappa shape index (κ3) is 4.22. The van der Waals surface area contributed by atoms with Gasteiger partial charge in [0.05, 0.1) is 0 Å². The van der Waals surface area contributed by atoms with Gasteiger partial charge in [-0.15, -0.1) is 0 Å². The molecule has 0 amide bonds. The molecule has 0 heterocycles. The van der Waals surface area contributed by atoms with Gasteiger partial charge in [0.15, 0.2) is 0 Å². The highest BCUT2D eigenvalue weighted by molar-refractivity contribution is 9.10. The van der Waals surface area contributed by atoms with E-state index in [0.29, 0.717) is 19.9 Å². The Labute approximate surface area is 94.9 Å². The van der Waals surface area contributed by atoms with E-state index >= 15 is 0 Å². The average Bonchev–Trinajstić information content (AvgIpc) is 2.25. The lowest BCUT2D eigenvalue weighted by Gasteiger charge is -2.11. The molecule has 0 radical (unpaired) electrons. The Morgan fingerprint density at radius 3 is 2.86 bits per heavy atom. The van der Waals surface area contributed by atoms with Gasteiger partial charge < -0.3 is 5.11 Å². The van der Waals surface area contributed by atoms with Crippen LogP contribution in [0.15, 0.2) is 28.7 Å². The van der Waals surface area contributed by atoms with Crippen LogP contribution in [-0.4, -0.2) is 11.3 Å². The summed E-state index contributed by atoms with van der Waals surface area (Å²) in [6, 6.07) is 7.98. The van der Waals surface area contributed by atoms with Gasteiger partial charge in [-0.1, -0.05) is 41.4 Å². The Morgan fingerprint density at radius 1 is 1.50 bits per heavy atom. The summed E-state index contributed by atoms with van der Waals surface area (Å²) < 4.78 is 8.03. The van der Waals surface area contributed by atoms with Crippen molar-refractivity contribution in [3.05, 3.63) is 34.3 Å². The van der Waals surface area contributed by atoms with Crippen molar-refractivity contribution in [1.29, 1.82) is 0 Å². The fraction of sp³-hybridized carbons (Fsp3) is 0.455. The van der Waals surface area contributed by atoms with Crippen LogP contribution in [0.25, 0.3) is 0 Å². The van der Waals surface area contributed by atoms with Crippen molar-refractivity contribution < 1.29 is 6.48 Å². The standard InChI is InChI=1S/C11H16BrNO/c1-2-3-11(14)13-8-9-4-6-10(12)7-5-9/h4-7,11,13-14H,2-3,8H2,1H3/i1D. The van der Waals surface area contributed by atoms with Crippen LogP contribution in [0.2, 0.25) is 0 Å². The first-order chi connectivity index (χ1) is 7.22. The van der Waals surface area contributed by atoms with Crippen LogP contribution >= 0.6 is 15.9 Å². The third-order valence-electron chi connectivity index (χ3n) is 1.93. The maximum Gasteiger partial charge on any atom is 0.105 e. The molecule has 0 aliphatic carbocycles. The van der Waals surface area contributed by atoms with Crippen molar-refractivity contribution >= 4 is 15.9 Å². The summed E-state index contributed by atoms with van der Waals surface area (Å²) in [5.74, 6) is 0. The zero-order valence-electron chi connectivity index (χ0n) is 9.04. The van der Waals surface area contributed by atoms with Crippen molar-refractivity contribution in [2.45, 2.75) is 32.5 Å². The highest BCUT2D eigenvalue weighted by atomic mass is 79.9. The van der Waals surface area contributed by atoms with Crippen molar-refractivity contribution in [1.82, 2.24) is 5.32 Å². The minimum Gasteiger partial charge on any atom is -0.379 e. The van der Waals surface area contributed by atoms with E-state index in [9.17, 15) is 5.11 Å². The number of hydrogen-bond donors (Lipinski definition) is 2. The third-order valence-corrected chi connectivity index (χ3v) is 2.46. The van der Waals surface area contributed by atoms with E-state index in [0.717, 1.165) is 16.5 Å². The second kappa shape index (κ2) is 6.17. The topological polar surface area (TPSA) is 32.3 Å². The van der Waals surface area contributed by atoms with E-state index in [2.05, 4.69) is 21.2 Å². The average molecular weight is 259 g/mol. The summed E-state index contributed by atoms with van der Waals surface area (Å²) in [7, 11) is 0. The molecule has 78 valence electrons. The molecule has 1 atom stereocenters. The first kappa shape index (κ1) is 10.1. The second-order valence-electron chi connectivity index (χ2n) is 3.17. The summed E-state index contributed by atoms with van der Waals surface area (Å²) in [4.78, 5) is 0. The highest BCUT2D eigenvalue weighted by Gasteiger charge is 2.00. The summed E-state index contributed by atoms with van der Waals surface area (Å²) in [5, 5.41) is 12.5. The van der Waals surface area contributed by atoms with Crippen LogP contribution in [0.1, 0.15) is 26.7 Å². The fourth-order valence-electron chi connectivity index (χ4n) is 1.13. The van der Waals surface area contributed by atoms with Gasteiger partial charge in [-0.3, -0.25) is 5.32 Å². The van der Waals surface area contributed by atoms with Gasteiger partial charge in [-0.25, -0.2) is 0 Å². The van der Waals surface area contributed by atoms with Crippen LogP contribution in [0.5, 0.6) is 0 Å². The maximum absolute atomic E-state index is 9.49. The molecule has 0 aliphatic heterocycles. The molecule has 1 aromatic rings. The lowest BCUT2D eigenvalue weighted by molar-refractivity contribution is 0.125. The zero-order valence-corrected chi connectivity index (χ0v) is 9.63. The molecule has 0 spiro atoms. The molecule has 0 saturated carbocycles. The number of aliphatic hydroxyl groups excluding tert-OH is 1. The summed E-state index contributed by atoms with van der Waals surface area (Å²) in [6.45, 7) is 1.03. The smallest absolute Gasteiger partial charge is 0.105 e. The number of aliphatic hydroxyl groups is 1. The molecule has 14 heavy (non-hydrogen) atoms. The van der Waals surface area contributed by atoms with Gasteiger partial charge in [0, 0.05) is 12.4 Å². The van der Waals surface area contributed by atoms with Crippen molar-refractivity contribution in [2.24, 2.45) is 0 Å². The van der Waals surface area contributed by atoms with Crippen molar-refractivity contribution in [3.63, 3.8) is 0 Å². The molecule has 2 N–H and O–H groups in total. The molecular formula is C11H16BrNO. The number of nitrogens with one attached hydrogen (secondary N) is 1. The van der Waals surface area contributed by atoms with E-state index in [1.165, 1.54) is 0 Å². The maximum atomic E-state index is 9.49. The molecule has 0 saturated heterocycles.